The molecule has 3 unspecified atom stereocenters. The Morgan fingerprint density at radius 3 is 2.73 bits per heavy atom. The molecule has 88 valence electrons. The molecule has 0 heterocycles. The number of amides is 1. The van der Waals surface area contributed by atoms with E-state index in [0.29, 0.717) is 24.9 Å². The molecule has 3 N–H and O–H groups in total. The van der Waals surface area contributed by atoms with Crippen molar-refractivity contribution < 1.29 is 4.79 Å². The lowest BCUT2D eigenvalue weighted by Crippen LogP contribution is -2.35. The highest BCUT2D eigenvalue weighted by Gasteiger charge is 2.23. The second-order valence-corrected chi connectivity index (χ2v) is 4.90. The first kappa shape index (κ1) is 12.5. The van der Waals surface area contributed by atoms with Crippen molar-refractivity contribution in [2.24, 2.45) is 17.6 Å². The van der Waals surface area contributed by atoms with E-state index in [0.717, 1.165) is 25.2 Å². The highest BCUT2D eigenvalue weighted by atomic mass is 16.1. The van der Waals surface area contributed by atoms with Crippen molar-refractivity contribution in [2.75, 3.05) is 6.54 Å². The zero-order valence-corrected chi connectivity index (χ0v) is 9.96. The lowest BCUT2D eigenvalue weighted by atomic mass is 10.0. The van der Waals surface area contributed by atoms with Gasteiger partial charge in [0.1, 0.15) is 0 Å². The van der Waals surface area contributed by atoms with Crippen molar-refractivity contribution >= 4 is 5.91 Å². The fourth-order valence-electron chi connectivity index (χ4n) is 2.28. The highest BCUT2D eigenvalue weighted by molar-refractivity contribution is 5.76. The molecule has 15 heavy (non-hydrogen) atoms. The summed E-state index contributed by atoms with van der Waals surface area (Å²) >= 11 is 0. The third-order valence-electron chi connectivity index (χ3n) is 3.44. The summed E-state index contributed by atoms with van der Waals surface area (Å²) in [5.74, 6) is 1.31. The number of nitrogens with two attached hydrogens (primary N) is 1. The van der Waals surface area contributed by atoms with Crippen LogP contribution >= 0.6 is 0 Å². The summed E-state index contributed by atoms with van der Waals surface area (Å²) in [5, 5.41) is 3.11. The van der Waals surface area contributed by atoms with E-state index in [1.807, 2.05) is 0 Å². The van der Waals surface area contributed by atoms with Crippen LogP contribution in [0.1, 0.15) is 46.0 Å². The Bertz CT molecular complexity index is 202. The lowest BCUT2D eigenvalue weighted by Gasteiger charge is -2.15. The molecule has 3 heteroatoms. The van der Waals surface area contributed by atoms with Gasteiger partial charge >= 0.3 is 0 Å². The van der Waals surface area contributed by atoms with Crippen LogP contribution in [0.4, 0.5) is 0 Å². The fraction of sp³-hybridized carbons (Fsp3) is 0.917. The molecule has 1 aliphatic rings. The average Bonchev–Trinajstić information content (AvgIpc) is 2.60. The van der Waals surface area contributed by atoms with E-state index in [9.17, 15) is 4.79 Å². The van der Waals surface area contributed by atoms with Crippen molar-refractivity contribution in [3.8, 4) is 0 Å². The van der Waals surface area contributed by atoms with Gasteiger partial charge in [-0.2, -0.15) is 0 Å². The van der Waals surface area contributed by atoms with E-state index < -0.39 is 0 Å². The molecular weight excluding hydrogens is 188 g/mol. The fourth-order valence-corrected chi connectivity index (χ4v) is 2.28. The topological polar surface area (TPSA) is 55.1 Å². The number of nitrogens with one attached hydrogen (secondary N) is 1. The van der Waals surface area contributed by atoms with E-state index in [2.05, 4.69) is 19.2 Å². The zero-order valence-electron chi connectivity index (χ0n) is 9.96. The largest absolute Gasteiger partial charge is 0.353 e. The van der Waals surface area contributed by atoms with Gasteiger partial charge in [-0.3, -0.25) is 4.79 Å². The SMILES string of the molecule is CCC(CN)CC(=O)NC1CCC(C)C1. The van der Waals surface area contributed by atoms with Crippen LogP contribution in [0.5, 0.6) is 0 Å². The van der Waals surface area contributed by atoms with Crippen LogP contribution in [0, 0.1) is 11.8 Å². The summed E-state index contributed by atoms with van der Waals surface area (Å²) < 4.78 is 0. The summed E-state index contributed by atoms with van der Waals surface area (Å²) in [5.41, 5.74) is 5.58. The maximum absolute atomic E-state index is 11.7. The molecule has 0 spiro atoms. The smallest absolute Gasteiger partial charge is 0.220 e. The Morgan fingerprint density at radius 1 is 1.53 bits per heavy atom. The number of hydrogen-bond donors (Lipinski definition) is 2. The minimum absolute atomic E-state index is 0.186. The maximum atomic E-state index is 11.7. The summed E-state index contributed by atoms with van der Waals surface area (Å²) in [7, 11) is 0. The van der Waals surface area contributed by atoms with Crippen molar-refractivity contribution in [1.29, 1.82) is 0 Å². The van der Waals surface area contributed by atoms with Gasteiger partial charge in [0.05, 0.1) is 0 Å². The Morgan fingerprint density at radius 2 is 2.27 bits per heavy atom. The minimum Gasteiger partial charge on any atom is -0.353 e. The van der Waals surface area contributed by atoms with Gasteiger partial charge < -0.3 is 11.1 Å². The molecule has 0 saturated heterocycles. The predicted octanol–water partition coefficient (Wildman–Crippen LogP) is 1.67. The molecule has 0 aliphatic heterocycles. The van der Waals surface area contributed by atoms with Crippen molar-refractivity contribution in [3.05, 3.63) is 0 Å². The summed E-state index contributed by atoms with van der Waals surface area (Å²) in [6.07, 6.45) is 5.12. The quantitative estimate of drug-likeness (QED) is 0.728. The second-order valence-electron chi connectivity index (χ2n) is 4.90. The summed E-state index contributed by atoms with van der Waals surface area (Å²) in [4.78, 5) is 11.7. The van der Waals surface area contributed by atoms with Gasteiger partial charge in [0.15, 0.2) is 0 Å². The van der Waals surface area contributed by atoms with Crippen LogP contribution in [0.2, 0.25) is 0 Å². The van der Waals surface area contributed by atoms with E-state index in [-0.39, 0.29) is 5.91 Å². The molecule has 0 aromatic rings. The van der Waals surface area contributed by atoms with E-state index in [4.69, 9.17) is 5.73 Å². The molecule has 0 aromatic heterocycles. The van der Waals surface area contributed by atoms with Gasteiger partial charge in [-0.1, -0.05) is 20.3 Å². The Balaban J connectivity index is 2.23. The summed E-state index contributed by atoms with van der Waals surface area (Å²) in [6.45, 7) is 4.95. The number of carbonyl (C=O) groups excluding carboxylic acids is 1. The highest BCUT2D eigenvalue weighted by Crippen LogP contribution is 2.24. The van der Waals surface area contributed by atoms with Crippen LogP contribution in [-0.4, -0.2) is 18.5 Å². The first-order valence-corrected chi connectivity index (χ1v) is 6.15. The van der Waals surface area contributed by atoms with Crippen LogP contribution in [-0.2, 0) is 4.79 Å². The number of rotatable bonds is 5. The maximum Gasteiger partial charge on any atom is 0.220 e. The first-order chi connectivity index (χ1) is 7.15. The molecule has 0 radical (unpaired) electrons. The van der Waals surface area contributed by atoms with Gasteiger partial charge in [-0.05, 0) is 37.6 Å². The zero-order chi connectivity index (χ0) is 11.3. The van der Waals surface area contributed by atoms with Crippen LogP contribution in [0.3, 0.4) is 0 Å². The predicted molar refractivity (Wildman–Crippen MR) is 62.4 cm³/mol. The molecule has 1 amide bonds. The van der Waals surface area contributed by atoms with Crippen molar-refractivity contribution in [1.82, 2.24) is 5.32 Å². The Kier molecular flexibility index (Phi) is 5.09. The first-order valence-electron chi connectivity index (χ1n) is 6.15. The molecule has 3 nitrogen and oxygen atoms in total. The van der Waals surface area contributed by atoms with Gasteiger partial charge in [-0.15, -0.1) is 0 Å². The van der Waals surface area contributed by atoms with Crippen molar-refractivity contribution in [2.45, 2.75) is 52.0 Å². The molecule has 1 saturated carbocycles. The second kappa shape index (κ2) is 6.11. The monoisotopic (exact) mass is 212 g/mol. The number of carbonyl (C=O) groups is 1. The molecule has 0 aromatic carbocycles. The van der Waals surface area contributed by atoms with E-state index in [1.54, 1.807) is 0 Å². The molecule has 1 rings (SSSR count). The molecule has 1 fully saturated rings. The van der Waals surface area contributed by atoms with Crippen molar-refractivity contribution in [3.63, 3.8) is 0 Å². The average molecular weight is 212 g/mol. The minimum atomic E-state index is 0.186. The number of hydrogen-bond acceptors (Lipinski definition) is 2. The molecular formula is C12H24N2O. The van der Waals surface area contributed by atoms with E-state index >= 15 is 0 Å². The van der Waals surface area contributed by atoms with Gasteiger partial charge in [0, 0.05) is 12.5 Å². The third-order valence-corrected chi connectivity index (χ3v) is 3.44. The van der Waals surface area contributed by atoms with Gasteiger partial charge in [-0.25, -0.2) is 0 Å². The molecule has 1 aliphatic carbocycles. The lowest BCUT2D eigenvalue weighted by molar-refractivity contribution is -0.122. The normalized spacial score (nSPS) is 27.7. The summed E-state index contributed by atoms with van der Waals surface area (Å²) in [6, 6.07) is 0.419. The van der Waals surface area contributed by atoms with Gasteiger partial charge in [0.25, 0.3) is 0 Å². The van der Waals surface area contributed by atoms with Crippen LogP contribution < -0.4 is 11.1 Å². The molecule has 3 atom stereocenters. The van der Waals surface area contributed by atoms with Crippen LogP contribution in [0.15, 0.2) is 0 Å². The molecule has 0 bridgehead atoms. The third kappa shape index (κ3) is 4.20. The van der Waals surface area contributed by atoms with Gasteiger partial charge in [0.2, 0.25) is 5.91 Å². The standard InChI is InChI=1S/C12H24N2O/c1-3-10(8-13)7-12(15)14-11-5-4-9(2)6-11/h9-11H,3-8,13H2,1-2H3,(H,14,15). The van der Waals surface area contributed by atoms with E-state index in [1.165, 1.54) is 6.42 Å². The Hall–Kier alpha value is -0.570. The Labute approximate surface area is 92.8 Å². The van der Waals surface area contributed by atoms with Crippen LogP contribution in [0.25, 0.3) is 0 Å².